The van der Waals surface area contributed by atoms with E-state index in [0.717, 1.165) is 19.3 Å². The van der Waals surface area contributed by atoms with Gasteiger partial charge in [-0.15, -0.1) is 0 Å². The summed E-state index contributed by atoms with van der Waals surface area (Å²) in [7, 11) is 1.38. The van der Waals surface area contributed by atoms with Crippen molar-refractivity contribution in [2.24, 2.45) is 10.8 Å². The topological polar surface area (TPSA) is 66.8 Å². The van der Waals surface area contributed by atoms with Gasteiger partial charge in [-0.3, -0.25) is 0 Å². The number of carbonyl (C=O) groups excluding carboxylic acids is 1. The van der Waals surface area contributed by atoms with Crippen molar-refractivity contribution in [2.45, 2.75) is 63.6 Å². The van der Waals surface area contributed by atoms with Gasteiger partial charge in [-0.1, -0.05) is 13.0 Å². The highest BCUT2D eigenvalue weighted by atomic mass is 16.5. The second kappa shape index (κ2) is 3.86. The van der Waals surface area contributed by atoms with E-state index in [-0.39, 0.29) is 16.8 Å². The molecule has 0 radical (unpaired) electrons. The molecule has 2 atom stereocenters. The quantitative estimate of drug-likeness (QED) is 0.599. The maximum absolute atomic E-state index is 11.7. The number of hydrogen-bond acceptors (Lipinski definition) is 4. The van der Waals surface area contributed by atoms with E-state index in [2.05, 4.69) is 6.92 Å². The second-order valence-corrected chi connectivity index (χ2v) is 8.00. The molecule has 4 nitrogen and oxygen atoms in total. The van der Waals surface area contributed by atoms with E-state index in [9.17, 15) is 15.0 Å². The van der Waals surface area contributed by atoms with Gasteiger partial charge in [0.1, 0.15) is 0 Å². The van der Waals surface area contributed by atoms with Crippen molar-refractivity contribution < 1.29 is 19.7 Å². The van der Waals surface area contributed by atoms with Gasteiger partial charge >= 0.3 is 5.97 Å². The first kappa shape index (κ1) is 14.1. The van der Waals surface area contributed by atoms with Crippen LogP contribution in [0, 0.1) is 10.8 Å². The molecule has 0 aromatic heterocycles. The Hall–Kier alpha value is -0.870. The summed E-state index contributed by atoms with van der Waals surface area (Å²) < 4.78 is 4.77. The van der Waals surface area contributed by atoms with Crippen LogP contribution in [0.25, 0.3) is 0 Å². The molecule has 0 heterocycles. The molecule has 4 saturated carbocycles. The zero-order valence-electron chi connectivity index (χ0n) is 12.5. The number of rotatable bonds is 2. The van der Waals surface area contributed by atoms with Crippen molar-refractivity contribution in [3.8, 4) is 0 Å². The molecule has 4 aliphatic rings. The van der Waals surface area contributed by atoms with E-state index in [1.807, 2.05) is 6.08 Å². The molecule has 0 aromatic carbocycles. The maximum atomic E-state index is 11.7. The summed E-state index contributed by atoms with van der Waals surface area (Å²) in [5.74, 6) is -0.329. The Morgan fingerprint density at radius 3 is 2.05 bits per heavy atom. The predicted octanol–water partition coefficient (Wildman–Crippen LogP) is 1.94. The van der Waals surface area contributed by atoms with Crippen molar-refractivity contribution >= 4 is 5.97 Å². The fourth-order valence-electron chi connectivity index (χ4n) is 5.94. The largest absolute Gasteiger partial charge is 0.466 e. The molecule has 0 amide bonds. The molecule has 4 aliphatic carbocycles. The molecule has 4 bridgehead atoms. The van der Waals surface area contributed by atoms with Crippen LogP contribution in [0.4, 0.5) is 0 Å². The fourth-order valence-corrected chi connectivity index (χ4v) is 5.94. The summed E-state index contributed by atoms with van der Waals surface area (Å²) in [5, 5.41) is 21.6. The Morgan fingerprint density at radius 1 is 1.05 bits per heavy atom. The lowest BCUT2D eigenvalue weighted by molar-refractivity contribution is -0.244. The summed E-state index contributed by atoms with van der Waals surface area (Å²) in [4.78, 5) is 11.7. The maximum Gasteiger partial charge on any atom is 0.333 e. The highest BCUT2D eigenvalue weighted by molar-refractivity contribution is 5.87. The molecule has 20 heavy (non-hydrogen) atoms. The van der Waals surface area contributed by atoms with Gasteiger partial charge in [-0.05, 0) is 49.9 Å². The Labute approximate surface area is 119 Å². The van der Waals surface area contributed by atoms with Crippen molar-refractivity contribution in [2.75, 3.05) is 7.11 Å². The Balaban J connectivity index is 2.00. The third-order valence-corrected chi connectivity index (χ3v) is 5.34. The van der Waals surface area contributed by atoms with Gasteiger partial charge in [0.15, 0.2) is 0 Å². The molecule has 4 rings (SSSR count). The lowest BCUT2D eigenvalue weighted by Crippen LogP contribution is -2.65. The van der Waals surface area contributed by atoms with Crippen LogP contribution in [-0.2, 0) is 9.53 Å². The van der Waals surface area contributed by atoms with Crippen molar-refractivity contribution in [3.05, 3.63) is 11.6 Å². The van der Waals surface area contributed by atoms with E-state index >= 15 is 0 Å². The molecule has 2 N–H and O–H groups in total. The van der Waals surface area contributed by atoms with Crippen LogP contribution in [0.1, 0.15) is 52.4 Å². The Bertz CT molecular complexity index is 439. The summed E-state index contributed by atoms with van der Waals surface area (Å²) in [6.45, 7) is 3.90. The van der Waals surface area contributed by atoms with Crippen LogP contribution < -0.4 is 0 Å². The average Bonchev–Trinajstić information content (AvgIpc) is 2.20. The Kier molecular flexibility index (Phi) is 2.72. The first-order chi connectivity index (χ1) is 9.11. The minimum Gasteiger partial charge on any atom is -0.466 e. The van der Waals surface area contributed by atoms with Gasteiger partial charge in [-0.25, -0.2) is 4.79 Å². The summed E-state index contributed by atoms with van der Waals surface area (Å²) >= 11 is 0. The normalized spacial score (nSPS) is 50.4. The predicted molar refractivity (Wildman–Crippen MR) is 73.9 cm³/mol. The van der Waals surface area contributed by atoms with Crippen LogP contribution in [0.5, 0.6) is 0 Å². The average molecular weight is 280 g/mol. The van der Waals surface area contributed by atoms with Crippen molar-refractivity contribution in [1.29, 1.82) is 0 Å². The van der Waals surface area contributed by atoms with Crippen LogP contribution in [0.3, 0.4) is 0 Å². The number of methoxy groups -OCH3 is 1. The van der Waals surface area contributed by atoms with E-state index in [4.69, 9.17) is 4.74 Å². The van der Waals surface area contributed by atoms with Crippen LogP contribution in [-0.4, -0.2) is 34.5 Å². The molecule has 112 valence electrons. The fraction of sp³-hybridized carbons (Fsp3) is 0.812. The molecule has 0 saturated heterocycles. The van der Waals surface area contributed by atoms with Crippen molar-refractivity contribution in [3.63, 3.8) is 0 Å². The highest BCUT2D eigenvalue weighted by Gasteiger charge is 2.65. The van der Waals surface area contributed by atoms with E-state index in [0.29, 0.717) is 24.8 Å². The first-order valence-electron chi connectivity index (χ1n) is 7.33. The van der Waals surface area contributed by atoms with Crippen LogP contribution in [0.15, 0.2) is 11.6 Å². The number of carbonyl (C=O) groups is 1. The first-order valence-corrected chi connectivity index (χ1v) is 7.33. The second-order valence-electron chi connectivity index (χ2n) is 8.00. The molecule has 0 spiro atoms. The third kappa shape index (κ3) is 2.09. The zero-order chi connectivity index (χ0) is 14.8. The molecule has 2 unspecified atom stereocenters. The number of aliphatic hydroxyl groups is 2. The lowest BCUT2D eigenvalue weighted by Gasteiger charge is -2.66. The van der Waals surface area contributed by atoms with Gasteiger partial charge in [0.2, 0.25) is 0 Å². The number of ether oxygens (including phenoxy) is 1. The number of esters is 1. The lowest BCUT2D eigenvalue weighted by atomic mass is 9.41. The van der Waals surface area contributed by atoms with Crippen LogP contribution in [0.2, 0.25) is 0 Å². The van der Waals surface area contributed by atoms with E-state index in [1.54, 1.807) is 6.92 Å². The zero-order valence-corrected chi connectivity index (χ0v) is 12.5. The summed E-state index contributed by atoms with van der Waals surface area (Å²) in [6, 6.07) is 0. The van der Waals surface area contributed by atoms with Gasteiger partial charge in [0, 0.05) is 12.0 Å². The van der Waals surface area contributed by atoms with Crippen LogP contribution >= 0.6 is 0 Å². The SMILES string of the molecule is COC(=O)/C(C)=C/C12CC3(C)CC(O)(CC(O)(C3)C1)C2. The minimum atomic E-state index is -0.787. The minimum absolute atomic E-state index is 0.0366. The summed E-state index contributed by atoms with van der Waals surface area (Å²) in [6.07, 6.45) is 6.16. The third-order valence-electron chi connectivity index (χ3n) is 5.34. The molecular formula is C16H24O4. The molecule has 4 fully saturated rings. The molecule has 0 aliphatic heterocycles. The highest BCUT2D eigenvalue weighted by Crippen LogP contribution is 2.68. The Morgan fingerprint density at radius 2 is 1.60 bits per heavy atom. The smallest absolute Gasteiger partial charge is 0.333 e. The monoisotopic (exact) mass is 280 g/mol. The molecule has 4 heteroatoms. The molecular weight excluding hydrogens is 256 g/mol. The summed E-state index contributed by atoms with van der Waals surface area (Å²) in [5.41, 5.74) is -1.31. The van der Waals surface area contributed by atoms with Crippen molar-refractivity contribution in [1.82, 2.24) is 0 Å². The van der Waals surface area contributed by atoms with Gasteiger partial charge in [-0.2, -0.15) is 0 Å². The standard InChI is InChI=1S/C16H24O4/c1-11(12(17)20-3)4-14-5-13(2)6-15(18,8-14)10-16(19,7-13)9-14/h4,18-19H,5-10H2,1-3H3/b11-4+. The number of allylic oxidation sites excluding steroid dienone is 1. The molecule has 0 aromatic rings. The van der Waals surface area contributed by atoms with E-state index in [1.165, 1.54) is 7.11 Å². The van der Waals surface area contributed by atoms with Gasteiger partial charge in [0.05, 0.1) is 18.3 Å². The number of hydrogen-bond donors (Lipinski definition) is 2. The van der Waals surface area contributed by atoms with Gasteiger partial charge in [0.25, 0.3) is 0 Å². The van der Waals surface area contributed by atoms with Gasteiger partial charge < -0.3 is 14.9 Å². The van der Waals surface area contributed by atoms with E-state index < -0.39 is 11.2 Å².